The van der Waals surface area contributed by atoms with E-state index in [1.54, 1.807) is 0 Å². The number of phenols is 2. The molecule has 5 heteroatoms. The molecule has 0 saturated heterocycles. The Labute approximate surface area is 118 Å². The average molecular weight is 274 g/mol. The van der Waals surface area contributed by atoms with Crippen molar-refractivity contribution in [1.82, 2.24) is 5.32 Å². The Morgan fingerprint density at radius 1 is 1.40 bits per heavy atom. The molecule has 0 heterocycles. The van der Waals surface area contributed by atoms with E-state index < -0.39 is 5.91 Å². The molecular formula is C15H18N2O3. The molecule has 0 aromatic heterocycles. The van der Waals surface area contributed by atoms with Gasteiger partial charge in [-0.2, -0.15) is 5.26 Å². The Hall–Kier alpha value is -2.48. The van der Waals surface area contributed by atoms with Crippen LogP contribution in [0, 0.1) is 17.2 Å². The minimum atomic E-state index is -0.444. The quantitative estimate of drug-likeness (QED) is 0.436. The van der Waals surface area contributed by atoms with Gasteiger partial charge in [-0.05, 0) is 36.1 Å². The molecule has 0 aliphatic heterocycles. The van der Waals surface area contributed by atoms with E-state index in [0.717, 1.165) is 6.42 Å². The Kier molecular flexibility index (Phi) is 5.60. The Morgan fingerprint density at radius 2 is 2.10 bits per heavy atom. The van der Waals surface area contributed by atoms with Crippen molar-refractivity contribution >= 4 is 12.0 Å². The van der Waals surface area contributed by atoms with E-state index in [2.05, 4.69) is 5.32 Å². The highest BCUT2D eigenvalue weighted by atomic mass is 16.3. The number of nitrogens with one attached hydrogen (secondary N) is 1. The third-order valence-corrected chi connectivity index (χ3v) is 2.68. The van der Waals surface area contributed by atoms with Crippen LogP contribution in [0.1, 0.15) is 25.8 Å². The van der Waals surface area contributed by atoms with Gasteiger partial charge in [0.15, 0.2) is 11.5 Å². The number of rotatable bonds is 5. The van der Waals surface area contributed by atoms with Gasteiger partial charge >= 0.3 is 0 Å². The third-order valence-electron chi connectivity index (χ3n) is 2.68. The van der Waals surface area contributed by atoms with Gasteiger partial charge in [-0.3, -0.25) is 4.79 Å². The van der Waals surface area contributed by atoms with Gasteiger partial charge < -0.3 is 15.5 Å². The highest BCUT2D eigenvalue weighted by molar-refractivity contribution is 6.01. The van der Waals surface area contributed by atoms with Crippen LogP contribution < -0.4 is 5.32 Å². The number of carbonyl (C=O) groups excluding carboxylic acids is 1. The summed E-state index contributed by atoms with van der Waals surface area (Å²) in [4.78, 5) is 11.8. The van der Waals surface area contributed by atoms with Crippen molar-refractivity contribution in [3.8, 4) is 17.6 Å². The largest absolute Gasteiger partial charge is 0.504 e. The SMILES string of the molecule is CC(C)CCNC(=O)/C(C#N)=C/c1ccc(O)c(O)c1. The molecule has 1 aromatic carbocycles. The molecule has 0 unspecified atom stereocenters. The van der Waals surface area contributed by atoms with Crippen molar-refractivity contribution < 1.29 is 15.0 Å². The van der Waals surface area contributed by atoms with E-state index in [-0.39, 0.29) is 17.1 Å². The van der Waals surface area contributed by atoms with Crippen molar-refractivity contribution in [3.05, 3.63) is 29.3 Å². The lowest BCUT2D eigenvalue weighted by Gasteiger charge is -2.06. The van der Waals surface area contributed by atoms with Crippen LogP contribution in [0.2, 0.25) is 0 Å². The molecule has 20 heavy (non-hydrogen) atoms. The van der Waals surface area contributed by atoms with Crippen molar-refractivity contribution in [1.29, 1.82) is 5.26 Å². The third kappa shape index (κ3) is 4.65. The van der Waals surface area contributed by atoms with Crippen molar-refractivity contribution in [3.63, 3.8) is 0 Å². The maximum atomic E-state index is 11.8. The molecule has 0 fully saturated rings. The maximum absolute atomic E-state index is 11.8. The highest BCUT2D eigenvalue weighted by Crippen LogP contribution is 2.25. The zero-order chi connectivity index (χ0) is 15.1. The van der Waals surface area contributed by atoms with Gasteiger partial charge in [0, 0.05) is 6.54 Å². The molecule has 106 valence electrons. The fourth-order valence-corrected chi connectivity index (χ4v) is 1.52. The normalized spacial score (nSPS) is 11.2. The standard InChI is InChI=1S/C15H18N2O3/c1-10(2)5-6-17-15(20)12(9-16)7-11-3-4-13(18)14(19)8-11/h3-4,7-8,10,18-19H,5-6H2,1-2H3,(H,17,20)/b12-7+. The topological polar surface area (TPSA) is 93.4 Å². The summed E-state index contributed by atoms with van der Waals surface area (Å²) in [5.74, 6) is -0.516. The zero-order valence-corrected chi connectivity index (χ0v) is 11.6. The number of nitriles is 1. The van der Waals surface area contributed by atoms with E-state index in [4.69, 9.17) is 5.26 Å². The Balaban J connectivity index is 2.79. The molecule has 1 aromatic rings. The molecule has 0 aliphatic rings. The lowest BCUT2D eigenvalue weighted by molar-refractivity contribution is -0.117. The Morgan fingerprint density at radius 3 is 2.65 bits per heavy atom. The van der Waals surface area contributed by atoms with E-state index in [1.807, 2.05) is 19.9 Å². The fraction of sp³-hybridized carbons (Fsp3) is 0.333. The highest BCUT2D eigenvalue weighted by Gasteiger charge is 2.09. The van der Waals surface area contributed by atoms with E-state index in [9.17, 15) is 15.0 Å². The van der Waals surface area contributed by atoms with Crippen LogP contribution in [-0.2, 0) is 4.79 Å². The lowest BCUT2D eigenvalue weighted by atomic mass is 10.1. The number of hydrogen-bond acceptors (Lipinski definition) is 4. The number of phenolic OH excluding ortho intramolecular Hbond substituents is 2. The predicted octanol–water partition coefficient (Wildman–Crippen LogP) is 2.17. The van der Waals surface area contributed by atoms with Crippen LogP contribution in [0.15, 0.2) is 23.8 Å². The summed E-state index contributed by atoms with van der Waals surface area (Å²) >= 11 is 0. The number of carbonyl (C=O) groups is 1. The molecule has 0 saturated carbocycles. The molecular weight excluding hydrogens is 256 g/mol. The number of amides is 1. The molecule has 0 radical (unpaired) electrons. The predicted molar refractivity (Wildman–Crippen MR) is 75.8 cm³/mol. The Bertz CT molecular complexity index is 557. The van der Waals surface area contributed by atoms with Crippen molar-refractivity contribution in [2.24, 2.45) is 5.92 Å². The lowest BCUT2D eigenvalue weighted by Crippen LogP contribution is -2.26. The first-order chi connectivity index (χ1) is 9.43. The smallest absolute Gasteiger partial charge is 0.261 e. The first kappa shape index (κ1) is 15.6. The van der Waals surface area contributed by atoms with Gasteiger partial charge in [0.2, 0.25) is 0 Å². The molecule has 3 N–H and O–H groups in total. The van der Waals surface area contributed by atoms with Crippen LogP contribution in [0.3, 0.4) is 0 Å². The average Bonchev–Trinajstić information content (AvgIpc) is 2.39. The molecule has 0 aliphatic carbocycles. The summed E-state index contributed by atoms with van der Waals surface area (Å²) in [5.41, 5.74) is 0.426. The van der Waals surface area contributed by atoms with Gasteiger partial charge in [0.1, 0.15) is 11.6 Å². The number of nitrogens with zero attached hydrogens (tertiary/aromatic N) is 1. The van der Waals surface area contributed by atoms with Crippen LogP contribution in [0.4, 0.5) is 0 Å². The molecule has 1 rings (SSSR count). The van der Waals surface area contributed by atoms with Gasteiger partial charge in [-0.15, -0.1) is 0 Å². The molecule has 0 atom stereocenters. The molecule has 5 nitrogen and oxygen atoms in total. The van der Waals surface area contributed by atoms with E-state index >= 15 is 0 Å². The van der Waals surface area contributed by atoms with Crippen LogP contribution in [0.5, 0.6) is 11.5 Å². The number of hydrogen-bond donors (Lipinski definition) is 3. The van der Waals surface area contributed by atoms with E-state index in [1.165, 1.54) is 24.3 Å². The van der Waals surface area contributed by atoms with E-state index in [0.29, 0.717) is 18.0 Å². The van der Waals surface area contributed by atoms with Crippen molar-refractivity contribution in [2.75, 3.05) is 6.54 Å². The second-order valence-corrected chi connectivity index (χ2v) is 4.86. The molecule has 1 amide bonds. The monoisotopic (exact) mass is 274 g/mol. The van der Waals surface area contributed by atoms with Crippen LogP contribution >= 0.6 is 0 Å². The van der Waals surface area contributed by atoms with Gasteiger partial charge in [-0.1, -0.05) is 19.9 Å². The number of aromatic hydroxyl groups is 2. The summed E-state index contributed by atoms with van der Waals surface area (Å²) in [6, 6.07) is 5.92. The molecule has 0 bridgehead atoms. The maximum Gasteiger partial charge on any atom is 0.261 e. The second kappa shape index (κ2) is 7.19. The summed E-state index contributed by atoms with van der Waals surface area (Å²) in [6.45, 7) is 4.61. The van der Waals surface area contributed by atoms with Gasteiger partial charge in [0.25, 0.3) is 5.91 Å². The van der Waals surface area contributed by atoms with Crippen molar-refractivity contribution in [2.45, 2.75) is 20.3 Å². The first-order valence-electron chi connectivity index (χ1n) is 6.36. The number of benzene rings is 1. The second-order valence-electron chi connectivity index (χ2n) is 4.86. The van der Waals surface area contributed by atoms with Crippen LogP contribution in [-0.4, -0.2) is 22.7 Å². The summed E-state index contributed by atoms with van der Waals surface area (Å²) in [5, 5.41) is 30.2. The summed E-state index contributed by atoms with van der Waals surface area (Å²) in [7, 11) is 0. The van der Waals surface area contributed by atoms with Gasteiger partial charge in [-0.25, -0.2) is 0 Å². The fourth-order valence-electron chi connectivity index (χ4n) is 1.52. The minimum Gasteiger partial charge on any atom is -0.504 e. The molecule has 0 spiro atoms. The summed E-state index contributed by atoms with van der Waals surface area (Å²) < 4.78 is 0. The zero-order valence-electron chi connectivity index (χ0n) is 11.6. The first-order valence-corrected chi connectivity index (χ1v) is 6.36. The minimum absolute atomic E-state index is 0.0427. The summed E-state index contributed by atoms with van der Waals surface area (Å²) in [6.07, 6.45) is 2.20. The van der Waals surface area contributed by atoms with Gasteiger partial charge in [0.05, 0.1) is 0 Å². The van der Waals surface area contributed by atoms with Crippen LogP contribution in [0.25, 0.3) is 6.08 Å².